The van der Waals surface area contributed by atoms with Crippen molar-refractivity contribution in [3.63, 3.8) is 0 Å². The normalized spacial score (nSPS) is 20.0. The van der Waals surface area contributed by atoms with Crippen molar-refractivity contribution in [3.8, 4) is 17.2 Å². The van der Waals surface area contributed by atoms with Crippen LogP contribution in [0.4, 0.5) is 0 Å². The first kappa shape index (κ1) is 14.5. The number of aromatic hydroxyl groups is 1. The number of hydrogen-bond donors (Lipinski definition) is 1. The zero-order chi connectivity index (χ0) is 15.7. The topological polar surface area (TPSA) is 38.7 Å². The molecule has 0 saturated heterocycles. The molecule has 0 radical (unpaired) electrons. The molecule has 2 aromatic carbocycles. The molecule has 1 heterocycles. The molecule has 0 aliphatic carbocycles. The van der Waals surface area contributed by atoms with E-state index in [0.717, 1.165) is 28.2 Å². The van der Waals surface area contributed by atoms with E-state index < -0.39 is 0 Å². The molecular weight excluding hydrogens is 276 g/mol. The van der Waals surface area contributed by atoms with E-state index in [1.54, 1.807) is 19.2 Å². The Bertz CT molecular complexity index is 701. The fourth-order valence-corrected chi connectivity index (χ4v) is 2.96. The van der Waals surface area contributed by atoms with E-state index in [2.05, 4.69) is 19.1 Å². The fraction of sp³-hybridized carbons (Fsp3) is 0.263. The van der Waals surface area contributed by atoms with Gasteiger partial charge < -0.3 is 14.6 Å². The van der Waals surface area contributed by atoms with Crippen molar-refractivity contribution >= 4 is 6.08 Å². The third-order valence-corrected chi connectivity index (χ3v) is 4.10. The second-order valence-corrected chi connectivity index (χ2v) is 5.56. The highest BCUT2D eigenvalue weighted by Crippen LogP contribution is 2.50. The molecule has 0 amide bonds. The summed E-state index contributed by atoms with van der Waals surface area (Å²) in [5, 5.41) is 9.45. The average molecular weight is 296 g/mol. The number of phenolic OH excluding ortho intramolecular Hbond substituents is 1. The lowest BCUT2D eigenvalue weighted by Crippen LogP contribution is -2.06. The molecule has 22 heavy (non-hydrogen) atoms. The molecule has 2 aromatic rings. The maximum absolute atomic E-state index is 9.45. The standard InChI is InChI=1S/C19H20O3/c1-4-5-13-10-16-12(2)18(14-6-8-15(20)9-7-14)22-19(16)17(11-13)21-3/h4-12,18,20H,1-3H3. The number of rotatable bonds is 3. The lowest BCUT2D eigenvalue weighted by Gasteiger charge is -2.16. The van der Waals surface area contributed by atoms with Gasteiger partial charge in [-0.1, -0.05) is 31.2 Å². The maximum Gasteiger partial charge on any atom is 0.165 e. The summed E-state index contributed by atoms with van der Waals surface area (Å²) in [6.45, 7) is 4.15. The second-order valence-electron chi connectivity index (χ2n) is 5.56. The first-order valence-corrected chi connectivity index (χ1v) is 7.44. The highest BCUT2D eigenvalue weighted by molar-refractivity contribution is 5.62. The zero-order valence-corrected chi connectivity index (χ0v) is 13.0. The van der Waals surface area contributed by atoms with Gasteiger partial charge in [0.15, 0.2) is 11.5 Å². The Morgan fingerprint density at radius 3 is 2.55 bits per heavy atom. The second kappa shape index (κ2) is 5.76. The molecule has 1 N–H and O–H groups in total. The minimum Gasteiger partial charge on any atom is -0.508 e. The molecule has 3 rings (SSSR count). The van der Waals surface area contributed by atoms with Crippen LogP contribution in [-0.4, -0.2) is 12.2 Å². The van der Waals surface area contributed by atoms with Gasteiger partial charge >= 0.3 is 0 Å². The van der Waals surface area contributed by atoms with E-state index in [4.69, 9.17) is 9.47 Å². The van der Waals surface area contributed by atoms with Crippen LogP contribution in [0.25, 0.3) is 6.08 Å². The van der Waals surface area contributed by atoms with Crippen molar-refractivity contribution in [1.82, 2.24) is 0 Å². The maximum atomic E-state index is 9.45. The van der Waals surface area contributed by atoms with E-state index in [0.29, 0.717) is 0 Å². The van der Waals surface area contributed by atoms with Gasteiger partial charge in [0.1, 0.15) is 11.9 Å². The van der Waals surface area contributed by atoms with E-state index in [1.807, 2.05) is 31.2 Å². The molecule has 0 spiro atoms. The Kier molecular flexibility index (Phi) is 3.80. The number of hydrogen-bond acceptors (Lipinski definition) is 3. The largest absolute Gasteiger partial charge is 0.508 e. The number of allylic oxidation sites excluding steroid dienone is 1. The minimum absolute atomic E-state index is 0.0645. The third kappa shape index (κ3) is 2.43. The van der Waals surface area contributed by atoms with Gasteiger partial charge in [-0.25, -0.2) is 0 Å². The van der Waals surface area contributed by atoms with Gasteiger partial charge in [-0.05, 0) is 42.3 Å². The number of benzene rings is 2. The molecule has 0 bridgehead atoms. The average Bonchev–Trinajstić information content (AvgIpc) is 2.85. The van der Waals surface area contributed by atoms with Crippen LogP contribution < -0.4 is 9.47 Å². The number of phenols is 1. The smallest absolute Gasteiger partial charge is 0.165 e. The van der Waals surface area contributed by atoms with Gasteiger partial charge in [0.05, 0.1) is 7.11 Å². The Labute approximate surface area is 130 Å². The summed E-state index contributed by atoms with van der Waals surface area (Å²) in [5.74, 6) is 2.07. The lowest BCUT2D eigenvalue weighted by atomic mass is 9.91. The predicted octanol–water partition coefficient (Wildman–Crippen LogP) is 4.67. The minimum atomic E-state index is -0.0645. The van der Waals surface area contributed by atoms with E-state index in [1.165, 1.54) is 0 Å². The van der Waals surface area contributed by atoms with Crippen molar-refractivity contribution in [2.24, 2.45) is 0 Å². The summed E-state index contributed by atoms with van der Waals surface area (Å²) in [7, 11) is 1.66. The van der Waals surface area contributed by atoms with Crippen LogP contribution in [0.2, 0.25) is 0 Å². The fourth-order valence-electron chi connectivity index (χ4n) is 2.96. The van der Waals surface area contributed by atoms with Crippen molar-refractivity contribution in [3.05, 3.63) is 59.2 Å². The van der Waals surface area contributed by atoms with Crippen molar-refractivity contribution in [1.29, 1.82) is 0 Å². The molecule has 1 aliphatic rings. The van der Waals surface area contributed by atoms with Crippen LogP contribution in [0.15, 0.2) is 42.5 Å². The van der Waals surface area contributed by atoms with Gasteiger partial charge in [0.25, 0.3) is 0 Å². The summed E-state index contributed by atoms with van der Waals surface area (Å²) in [4.78, 5) is 0. The van der Waals surface area contributed by atoms with E-state index in [9.17, 15) is 5.11 Å². The Morgan fingerprint density at radius 2 is 1.91 bits per heavy atom. The van der Waals surface area contributed by atoms with Crippen LogP contribution in [0.5, 0.6) is 17.2 Å². The van der Waals surface area contributed by atoms with Crippen LogP contribution in [0.3, 0.4) is 0 Å². The quantitative estimate of drug-likeness (QED) is 0.894. The molecule has 0 aromatic heterocycles. The summed E-state index contributed by atoms with van der Waals surface area (Å²) in [6, 6.07) is 11.3. The summed E-state index contributed by atoms with van der Waals surface area (Å²) < 4.78 is 11.7. The molecule has 3 nitrogen and oxygen atoms in total. The van der Waals surface area contributed by atoms with Gasteiger partial charge in [0, 0.05) is 11.5 Å². The Balaban J connectivity index is 2.02. The number of fused-ring (bicyclic) bond motifs is 1. The van der Waals surface area contributed by atoms with E-state index >= 15 is 0 Å². The summed E-state index contributed by atoms with van der Waals surface area (Å²) in [5.41, 5.74) is 3.32. The molecule has 114 valence electrons. The molecule has 0 fully saturated rings. The molecule has 2 unspecified atom stereocenters. The molecule has 2 atom stereocenters. The van der Waals surface area contributed by atoms with Crippen LogP contribution in [-0.2, 0) is 0 Å². The first-order valence-electron chi connectivity index (χ1n) is 7.44. The van der Waals surface area contributed by atoms with Crippen molar-refractivity contribution < 1.29 is 14.6 Å². The third-order valence-electron chi connectivity index (χ3n) is 4.10. The summed E-state index contributed by atoms with van der Waals surface area (Å²) >= 11 is 0. The van der Waals surface area contributed by atoms with Gasteiger partial charge in [-0.2, -0.15) is 0 Å². The number of ether oxygens (including phenoxy) is 2. The highest BCUT2D eigenvalue weighted by Gasteiger charge is 2.34. The molecule has 0 saturated carbocycles. The summed E-state index contributed by atoms with van der Waals surface area (Å²) in [6.07, 6.45) is 4.01. The number of methoxy groups -OCH3 is 1. The lowest BCUT2D eigenvalue weighted by molar-refractivity contribution is 0.208. The van der Waals surface area contributed by atoms with Crippen molar-refractivity contribution in [2.75, 3.05) is 7.11 Å². The van der Waals surface area contributed by atoms with Crippen LogP contribution in [0, 0.1) is 0 Å². The SMILES string of the molecule is CC=Cc1cc(OC)c2c(c1)C(C)C(c1ccc(O)cc1)O2. The predicted molar refractivity (Wildman–Crippen MR) is 87.6 cm³/mol. The van der Waals surface area contributed by atoms with Crippen molar-refractivity contribution in [2.45, 2.75) is 25.9 Å². The first-order chi connectivity index (χ1) is 10.6. The molecular formula is C19H20O3. The monoisotopic (exact) mass is 296 g/mol. The van der Waals surface area contributed by atoms with Gasteiger partial charge in [-0.3, -0.25) is 0 Å². The highest BCUT2D eigenvalue weighted by atomic mass is 16.5. The van der Waals surface area contributed by atoms with E-state index in [-0.39, 0.29) is 17.8 Å². The van der Waals surface area contributed by atoms with Gasteiger partial charge in [0.2, 0.25) is 0 Å². The zero-order valence-electron chi connectivity index (χ0n) is 13.0. The van der Waals surface area contributed by atoms with Crippen LogP contribution in [0.1, 0.15) is 42.6 Å². The molecule has 3 heteroatoms. The Morgan fingerprint density at radius 1 is 1.18 bits per heavy atom. The van der Waals surface area contributed by atoms with Gasteiger partial charge in [-0.15, -0.1) is 0 Å². The Hall–Kier alpha value is -2.42. The van der Waals surface area contributed by atoms with Crippen LogP contribution >= 0.6 is 0 Å². The molecule has 1 aliphatic heterocycles.